The molecule has 0 saturated carbocycles. The fraction of sp³-hybridized carbons (Fsp3) is 0.727. The summed E-state index contributed by atoms with van der Waals surface area (Å²) < 4.78 is 1.95. The summed E-state index contributed by atoms with van der Waals surface area (Å²) in [7, 11) is 2.00. The van der Waals surface area contributed by atoms with Crippen LogP contribution in [0.5, 0.6) is 0 Å². The molecule has 0 spiro atoms. The molecule has 1 N–H and O–H groups in total. The highest BCUT2D eigenvalue weighted by Crippen LogP contribution is 2.22. The third-order valence-corrected chi connectivity index (χ3v) is 3.42. The highest BCUT2D eigenvalue weighted by molar-refractivity contribution is 5.20. The lowest BCUT2D eigenvalue weighted by Crippen LogP contribution is -2.44. The fourth-order valence-corrected chi connectivity index (χ4v) is 2.19. The predicted molar refractivity (Wildman–Crippen MR) is 60.8 cm³/mol. The van der Waals surface area contributed by atoms with Gasteiger partial charge in [0, 0.05) is 50.5 Å². The second-order valence-electron chi connectivity index (χ2n) is 4.27. The molecule has 0 bridgehead atoms. The fourth-order valence-electron chi connectivity index (χ4n) is 2.19. The molecular formula is C11H20N4. The van der Waals surface area contributed by atoms with E-state index in [1.807, 2.05) is 17.9 Å². The Morgan fingerprint density at radius 3 is 2.60 bits per heavy atom. The van der Waals surface area contributed by atoms with E-state index in [1.165, 1.54) is 11.3 Å². The largest absolute Gasteiger partial charge is 0.314 e. The molecule has 4 heteroatoms. The van der Waals surface area contributed by atoms with Crippen LogP contribution in [0.1, 0.15) is 24.2 Å². The summed E-state index contributed by atoms with van der Waals surface area (Å²) in [6.45, 7) is 8.88. The Balaban J connectivity index is 2.12. The van der Waals surface area contributed by atoms with Crippen molar-refractivity contribution < 1.29 is 0 Å². The summed E-state index contributed by atoms with van der Waals surface area (Å²) in [5, 5.41) is 7.68. The van der Waals surface area contributed by atoms with Gasteiger partial charge in [-0.2, -0.15) is 5.10 Å². The average Bonchev–Trinajstić information content (AvgIpc) is 2.60. The molecule has 1 aliphatic rings. The van der Waals surface area contributed by atoms with Crippen molar-refractivity contribution >= 4 is 0 Å². The monoisotopic (exact) mass is 208 g/mol. The van der Waals surface area contributed by atoms with Crippen LogP contribution in [-0.4, -0.2) is 40.9 Å². The third kappa shape index (κ3) is 2.06. The van der Waals surface area contributed by atoms with Crippen LogP contribution in [0.4, 0.5) is 0 Å². The number of rotatable bonds is 2. The quantitative estimate of drug-likeness (QED) is 0.776. The molecule has 0 aliphatic carbocycles. The molecule has 1 unspecified atom stereocenters. The first-order valence-electron chi connectivity index (χ1n) is 5.63. The number of nitrogens with zero attached hydrogens (tertiary/aromatic N) is 3. The van der Waals surface area contributed by atoms with Gasteiger partial charge in [-0.3, -0.25) is 9.58 Å². The van der Waals surface area contributed by atoms with Crippen LogP contribution in [0, 0.1) is 6.92 Å². The van der Waals surface area contributed by atoms with Crippen LogP contribution in [0.2, 0.25) is 0 Å². The van der Waals surface area contributed by atoms with Gasteiger partial charge in [-0.05, 0) is 13.8 Å². The van der Waals surface area contributed by atoms with Gasteiger partial charge >= 0.3 is 0 Å². The summed E-state index contributed by atoms with van der Waals surface area (Å²) in [5.41, 5.74) is 2.64. The standard InChI is InChI=1S/C11H20N4/c1-9-11(8-13-14(9)3)10(2)15-6-4-12-5-7-15/h8,10,12H,4-7H2,1-3H3. The Kier molecular flexibility index (Phi) is 3.07. The molecule has 1 aromatic heterocycles. The first-order valence-corrected chi connectivity index (χ1v) is 5.63. The van der Waals surface area contributed by atoms with E-state index in [-0.39, 0.29) is 0 Å². The topological polar surface area (TPSA) is 33.1 Å². The Bertz CT molecular complexity index is 325. The summed E-state index contributed by atoms with van der Waals surface area (Å²) in [6, 6.07) is 0.487. The van der Waals surface area contributed by atoms with Crippen LogP contribution in [-0.2, 0) is 7.05 Å². The number of hydrogen-bond donors (Lipinski definition) is 1. The zero-order valence-corrected chi connectivity index (χ0v) is 9.82. The van der Waals surface area contributed by atoms with Gasteiger partial charge in [0.1, 0.15) is 0 Å². The van der Waals surface area contributed by atoms with Gasteiger partial charge in [0.15, 0.2) is 0 Å². The van der Waals surface area contributed by atoms with Gasteiger partial charge in [0.25, 0.3) is 0 Å². The maximum atomic E-state index is 4.31. The lowest BCUT2D eigenvalue weighted by atomic mass is 10.1. The van der Waals surface area contributed by atoms with Crippen LogP contribution in [0.15, 0.2) is 6.20 Å². The Hall–Kier alpha value is -0.870. The number of aryl methyl sites for hydroxylation is 1. The van der Waals surface area contributed by atoms with Gasteiger partial charge in [-0.15, -0.1) is 0 Å². The second-order valence-corrected chi connectivity index (χ2v) is 4.27. The number of piperazine rings is 1. The highest BCUT2D eigenvalue weighted by Gasteiger charge is 2.20. The van der Waals surface area contributed by atoms with E-state index >= 15 is 0 Å². The maximum Gasteiger partial charge on any atom is 0.0540 e. The van der Waals surface area contributed by atoms with Crippen LogP contribution in [0.25, 0.3) is 0 Å². The van der Waals surface area contributed by atoms with Crippen molar-refractivity contribution in [2.45, 2.75) is 19.9 Å². The minimum absolute atomic E-state index is 0.487. The summed E-state index contributed by atoms with van der Waals surface area (Å²) in [6.07, 6.45) is 2.00. The van der Waals surface area contributed by atoms with Crippen LogP contribution >= 0.6 is 0 Å². The minimum Gasteiger partial charge on any atom is -0.314 e. The normalized spacial score (nSPS) is 20.5. The first-order chi connectivity index (χ1) is 7.20. The van der Waals surface area contributed by atoms with E-state index in [1.54, 1.807) is 0 Å². The molecule has 0 amide bonds. The zero-order chi connectivity index (χ0) is 10.8. The van der Waals surface area contributed by atoms with Crippen LogP contribution < -0.4 is 5.32 Å². The molecule has 84 valence electrons. The number of hydrogen-bond acceptors (Lipinski definition) is 3. The summed E-state index contributed by atoms with van der Waals surface area (Å²) in [5.74, 6) is 0. The zero-order valence-electron chi connectivity index (χ0n) is 9.82. The average molecular weight is 208 g/mol. The lowest BCUT2D eigenvalue weighted by molar-refractivity contribution is 0.185. The Morgan fingerprint density at radius 1 is 1.40 bits per heavy atom. The predicted octanol–water partition coefficient (Wildman–Crippen LogP) is 0.695. The van der Waals surface area contributed by atoms with Gasteiger partial charge < -0.3 is 5.32 Å². The van der Waals surface area contributed by atoms with Crippen molar-refractivity contribution in [2.75, 3.05) is 26.2 Å². The molecule has 0 radical (unpaired) electrons. The molecule has 2 heterocycles. The van der Waals surface area contributed by atoms with E-state index in [2.05, 4.69) is 29.2 Å². The molecule has 1 atom stereocenters. The molecule has 1 fully saturated rings. The molecule has 4 nitrogen and oxygen atoms in total. The molecule has 15 heavy (non-hydrogen) atoms. The Morgan fingerprint density at radius 2 is 2.07 bits per heavy atom. The van der Waals surface area contributed by atoms with E-state index in [0.717, 1.165) is 26.2 Å². The molecule has 1 aromatic rings. The first kappa shape index (κ1) is 10.6. The van der Waals surface area contributed by atoms with Gasteiger partial charge in [0.05, 0.1) is 6.20 Å². The molecule has 1 aliphatic heterocycles. The minimum atomic E-state index is 0.487. The summed E-state index contributed by atoms with van der Waals surface area (Å²) >= 11 is 0. The van der Waals surface area contributed by atoms with E-state index < -0.39 is 0 Å². The third-order valence-electron chi connectivity index (χ3n) is 3.42. The number of aromatic nitrogens is 2. The highest BCUT2D eigenvalue weighted by atomic mass is 15.3. The Labute approximate surface area is 91.3 Å². The van der Waals surface area contributed by atoms with Crippen molar-refractivity contribution in [3.8, 4) is 0 Å². The van der Waals surface area contributed by atoms with E-state index in [9.17, 15) is 0 Å². The van der Waals surface area contributed by atoms with E-state index in [4.69, 9.17) is 0 Å². The lowest BCUT2D eigenvalue weighted by Gasteiger charge is -2.32. The smallest absolute Gasteiger partial charge is 0.0540 e. The maximum absolute atomic E-state index is 4.31. The second kappa shape index (κ2) is 4.33. The van der Waals surface area contributed by atoms with Crippen molar-refractivity contribution in [1.82, 2.24) is 20.0 Å². The molecule has 0 aromatic carbocycles. The van der Waals surface area contributed by atoms with Crippen molar-refractivity contribution in [2.24, 2.45) is 7.05 Å². The molecule has 1 saturated heterocycles. The van der Waals surface area contributed by atoms with Crippen molar-refractivity contribution in [1.29, 1.82) is 0 Å². The SMILES string of the molecule is Cc1c(C(C)N2CCNCC2)cnn1C. The van der Waals surface area contributed by atoms with Gasteiger partial charge in [-0.25, -0.2) is 0 Å². The molecular weight excluding hydrogens is 188 g/mol. The molecule has 2 rings (SSSR count). The summed E-state index contributed by atoms with van der Waals surface area (Å²) in [4.78, 5) is 2.51. The van der Waals surface area contributed by atoms with Crippen molar-refractivity contribution in [3.63, 3.8) is 0 Å². The van der Waals surface area contributed by atoms with Gasteiger partial charge in [-0.1, -0.05) is 0 Å². The van der Waals surface area contributed by atoms with Gasteiger partial charge in [0.2, 0.25) is 0 Å². The van der Waals surface area contributed by atoms with Crippen molar-refractivity contribution in [3.05, 3.63) is 17.5 Å². The number of nitrogens with one attached hydrogen (secondary N) is 1. The van der Waals surface area contributed by atoms with E-state index in [0.29, 0.717) is 6.04 Å². The van der Waals surface area contributed by atoms with Crippen LogP contribution in [0.3, 0.4) is 0 Å².